The summed E-state index contributed by atoms with van der Waals surface area (Å²) in [5.41, 5.74) is 1.20. The summed E-state index contributed by atoms with van der Waals surface area (Å²) in [6, 6.07) is 0.487. The third-order valence-electron chi connectivity index (χ3n) is 2.34. The van der Waals surface area contributed by atoms with Crippen molar-refractivity contribution in [2.75, 3.05) is 0 Å². The van der Waals surface area contributed by atoms with Crippen LogP contribution in [0, 0.1) is 0 Å². The highest BCUT2D eigenvalue weighted by molar-refractivity contribution is 5.07. The molecule has 0 aliphatic heterocycles. The van der Waals surface area contributed by atoms with Crippen molar-refractivity contribution in [1.82, 2.24) is 9.55 Å². The molecule has 3 nitrogen and oxygen atoms in total. The molecule has 1 fully saturated rings. The van der Waals surface area contributed by atoms with E-state index in [2.05, 4.69) is 18.8 Å². The maximum atomic E-state index is 11.3. The summed E-state index contributed by atoms with van der Waals surface area (Å²) >= 11 is 0. The molecule has 66 valence electrons. The molecule has 0 bridgehead atoms. The minimum atomic E-state index is 0.0567. The van der Waals surface area contributed by atoms with E-state index in [0.717, 1.165) is 18.5 Å². The van der Waals surface area contributed by atoms with Crippen molar-refractivity contribution in [2.45, 2.75) is 38.6 Å². The lowest BCUT2D eigenvalue weighted by Crippen LogP contribution is -2.18. The van der Waals surface area contributed by atoms with Crippen LogP contribution in [0.2, 0.25) is 0 Å². The Morgan fingerprint density at radius 1 is 1.58 bits per heavy atom. The average molecular weight is 166 g/mol. The monoisotopic (exact) mass is 166 g/mol. The van der Waals surface area contributed by atoms with E-state index in [0.29, 0.717) is 12.0 Å². The lowest BCUT2D eigenvalue weighted by molar-refractivity contribution is 0.638. The molecule has 1 aliphatic carbocycles. The van der Waals surface area contributed by atoms with Gasteiger partial charge in [-0.05, 0) is 18.8 Å². The van der Waals surface area contributed by atoms with Gasteiger partial charge in [0.25, 0.3) is 0 Å². The van der Waals surface area contributed by atoms with Crippen LogP contribution in [0.15, 0.2) is 11.0 Å². The molecule has 2 rings (SSSR count). The molecule has 12 heavy (non-hydrogen) atoms. The lowest BCUT2D eigenvalue weighted by atomic mass is 10.1. The number of H-pyrrole nitrogens is 1. The van der Waals surface area contributed by atoms with Gasteiger partial charge in [0, 0.05) is 17.9 Å². The van der Waals surface area contributed by atoms with Gasteiger partial charge in [0.2, 0.25) is 0 Å². The lowest BCUT2D eigenvalue weighted by Gasteiger charge is -2.07. The standard InChI is InChI=1S/C9H14N2O/c1-6(2)8-5-10-9(12)11(8)7-3-4-7/h5-7H,3-4H2,1-2H3,(H,10,12). The second-order valence-corrected chi connectivity index (χ2v) is 3.77. The zero-order chi connectivity index (χ0) is 8.72. The van der Waals surface area contributed by atoms with Crippen molar-refractivity contribution in [3.05, 3.63) is 22.4 Å². The topological polar surface area (TPSA) is 37.8 Å². The number of nitrogens with zero attached hydrogens (tertiary/aromatic N) is 1. The van der Waals surface area contributed by atoms with Crippen LogP contribution in [0.1, 0.15) is 44.3 Å². The zero-order valence-corrected chi connectivity index (χ0v) is 7.50. The van der Waals surface area contributed by atoms with Crippen LogP contribution in [-0.2, 0) is 0 Å². The fourth-order valence-electron chi connectivity index (χ4n) is 1.55. The van der Waals surface area contributed by atoms with E-state index in [9.17, 15) is 4.79 Å². The number of hydrogen-bond acceptors (Lipinski definition) is 1. The summed E-state index contributed by atoms with van der Waals surface area (Å²) < 4.78 is 1.91. The minimum absolute atomic E-state index is 0.0567. The van der Waals surface area contributed by atoms with E-state index in [1.165, 1.54) is 0 Å². The second-order valence-electron chi connectivity index (χ2n) is 3.77. The summed E-state index contributed by atoms with van der Waals surface area (Å²) in [6.45, 7) is 4.23. The summed E-state index contributed by atoms with van der Waals surface area (Å²) in [5.74, 6) is 0.435. The number of imidazole rings is 1. The molecule has 0 atom stereocenters. The van der Waals surface area contributed by atoms with Crippen LogP contribution < -0.4 is 5.69 Å². The second kappa shape index (κ2) is 2.51. The number of rotatable bonds is 2. The van der Waals surface area contributed by atoms with Gasteiger partial charge in [-0.15, -0.1) is 0 Å². The van der Waals surface area contributed by atoms with Gasteiger partial charge in [-0.25, -0.2) is 4.79 Å². The quantitative estimate of drug-likeness (QED) is 0.712. The third kappa shape index (κ3) is 1.09. The number of aromatic amines is 1. The molecule has 1 aromatic rings. The Balaban J connectivity index is 2.46. The normalized spacial score (nSPS) is 17.2. The molecular formula is C9H14N2O. The van der Waals surface area contributed by atoms with Crippen LogP contribution in [-0.4, -0.2) is 9.55 Å². The molecule has 0 spiro atoms. The third-order valence-corrected chi connectivity index (χ3v) is 2.34. The van der Waals surface area contributed by atoms with E-state index < -0.39 is 0 Å². The fraction of sp³-hybridized carbons (Fsp3) is 0.667. The number of aromatic nitrogens is 2. The maximum absolute atomic E-state index is 11.3. The highest BCUT2D eigenvalue weighted by Crippen LogP contribution is 2.35. The molecule has 1 aromatic heterocycles. The molecule has 0 radical (unpaired) electrons. The molecule has 1 heterocycles. The Morgan fingerprint density at radius 2 is 2.25 bits per heavy atom. The number of nitrogens with one attached hydrogen (secondary N) is 1. The zero-order valence-electron chi connectivity index (χ0n) is 7.50. The molecule has 0 unspecified atom stereocenters. The van der Waals surface area contributed by atoms with Crippen LogP contribution in [0.25, 0.3) is 0 Å². The van der Waals surface area contributed by atoms with Crippen molar-refractivity contribution in [2.24, 2.45) is 0 Å². The summed E-state index contributed by atoms with van der Waals surface area (Å²) in [5, 5.41) is 0. The van der Waals surface area contributed by atoms with Gasteiger partial charge in [0.05, 0.1) is 0 Å². The summed E-state index contributed by atoms with van der Waals surface area (Å²) in [4.78, 5) is 14.1. The molecule has 1 saturated carbocycles. The van der Waals surface area contributed by atoms with Crippen LogP contribution in [0.4, 0.5) is 0 Å². The van der Waals surface area contributed by atoms with Crippen molar-refractivity contribution >= 4 is 0 Å². The summed E-state index contributed by atoms with van der Waals surface area (Å²) in [6.07, 6.45) is 4.17. The first kappa shape index (κ1) is 7.65. The Kier molecular flexibility index (Phi) is 1.60. The van der Waals surface area contributed by atoms with Crippen molar-refractivity contribution in [1.29, 1.82) is 0 Å². The molecule has 1 aliphatic rings. The van der Waals surface area contributed by atoms with Gasteiger partial charge in [-0.1, -0.05) is 13.8 Å². The fourth-order valence-corrected chi connectivity index (χ4v) is 1.55. The first-order valence-corrected chi connectivity index (χ1v) is 4.50. The van der Waals surface area contributed by atoms with Gasteiger partial charge in [0.1, 0.15) is 0 Å². The van der Waals surface area contributed by atoms with Gasteiger partial charge >= 0.3 is 5.69 Å². The Hall–Kier alpha value is -0.990. The molecule has 3 heteroatoms. The molecular weight excluding hydrogens is 152 g/mol. The van der Waals surface area contributed by atoms with E-state index in [-0.39, 0.29) is 5.69 Å². The van der Waals surface area contributed by atoms with Gasteiger partial charge in [-0.2, -0.15) is 0 Å². The van der Waals surface area contributed by atoms with Crippen molar-refractivity contribution in [3.8, 4) is 0 Å². The number of hydrogen-bond donors (Lipinski definition) is 1. The first-order valence-electron chi connectivity index (χ1n) is 4.50. The first-order chi connectivity index (χ1) is 5.70. The van der Waals surface area contributed by atoms with Gasteiger partial charge < -0.3 is 4.98 Å². The minimum Gasteiger partial charge on any atom is -0.312 e. The van der Waals surface area contributed by atoms with Gasteiger partial charge in [-0.3, -0.25) is 4.57 Å². The van der Waals surface area contributed by atoms with Crippen molar-refractivity contribution < 1.29 is 0 Å². The smallest absolute Gasteiger partial charge is 0.312 e. The predicted octanol–water partition coefficient (Wildman–Crippen LogP) is 1.63. The average Bonchev–Trinajstić information content (AvgIpc) is 2.75. The Bertz CT molecular complexity index is 331. The predicted molar refractivity (Wildman–Crippen MR) is 47.4 cm³/mol. The Labute approximate surface area is 71.4 Å². The molecule has 0 amide bonds. The van der Waals surface area contributed by atoms with E-state index >= 15 is 0 Å². The molecule has 0 aromatic carbocycles. The largest absolute Gasteiger partial charge is 0.325 e. The highest BCUT2D eigenvalue weighted by atomic mass is 16.1. The molecule has 0 saturated heterocycles. The van der Waals surface area contributed by atoms with Crippen molar-refractivity contribution in [3.63, 3.8) is 0 Å². The van der Waals surface area contributed by atoms with E-state index in [1.54, 1.807) is 0 Å². The van der Waals surface area contributed by atoms with Crippen LogP contribution in [0.5, 0.6) is 0 Å². The Morgan fingerprint density at radius 3 is 2.75 bits per heavy atom. The molecule has 1 N–H and O–H groups in total. The summed E-state index contributed by atoms with van der Waals surface area (Å²) in [7, 11) is 0. The van der Waals surface area contributed by atoms with Crippen LogP contribution in [0.3, 0.4) is 0 Å². The van der Waals surface area contributed by atoms with E-state index in [1.807, 2.05) is 10.8 Å². The maximum Gasteiger partial charge on any atom is 0.325 e. The van der Waals surface area contributed by atoms with Gasteiger partial charge in [0.15, 0.2) is 0 Å². The van der Waals surface area contributed by atoms with Crippen LogP contribution >= 0.6 is 0 Å². The SMILES string of the molecule is CC(C)c1c[nH]c(=O)n1C1CC1. The highest BCUT2D eigenvalue weighted by Gasteiger charge is 2.27. The van der Waals surface area contributed by atoms with E-state index in [4.69, 9.17) is 0 Å².